The van der Waals surface area contributed by atoms with E-state index in [-0.39, 0.29) is 12.4 Å². The van der Waals surface area contributed by atoms with Crippen molar-refractivity contribution < 1.29 is 14.3 Å². The maximum atomic E-state index is 11.3. The highest BCUT2D eigenvalue weighted by Gasteiger charge is 2.13. The van der Waals surface area contributed by atoms with Crippen LogP contribution < -0.4 is 10.5 Å². The third kappa shape index (κ3) is 4.03. The number of rotatable bonds is 4. The first-order chi connectivity index (χ1) is 9.99. The van der Waals surface area contributed by atoms with Crippen molar-refractivity contribution in [3.05, 3.63) is 52.0 Å². The highest BCUT2D eigenvalue weighted by Crippen LogP contribution is 2.37. The molecule has 0 aliphatic carbocycles. The summed E-state index contributed by atoms with van der Waals surface area (Å²) in [6.07, 6.45) is 0.0953. The van der Waals surface area contributed by atoms with Gasteiger partial charge in [-0.05, 0) is 42.0 Å². The minimum Gasteiger partial charge on any atom is -0.469 e. The van der Waals surface area contributed by atoms with Crippen molar-refractivity contribution in [1.82, 2.24) is 0 Å². The van der Waals surface area contributed by atoms with E-state index >= 15 is 0 Å². The molecule has 0 unspecified atom stereocenters. The summed E-state index contributed by atoms with van der Waals surface area (Å²) in [4.78, 5) is 11.3. The first-order valence-corrected chi connectivity index (χ1v) is 6.83. The quantitative estimate of drug-likeness (QED) is 0.679. The number of methoxy groups -OCH3 is 1. The Labute approximate surface area is 132 Å². The average molecular weight is 326 g/mol. The number of hydrogen-bond acceptors (Lipinski definition) is 4. The van der Waals surface area contributed by atoms with Crippen molar-refractivity contribution >= 4 is 34.9 Å². The van der Waals surface area contributed by atoms with Crippen molar-refractivity contribution in [3.8, 4) is 11.5 Å². The summed E-state index contributed by atoms with van der Waals surface area (Å²) >= 11 is 12.3. The van der Waals surface area contributed by atoms with Crippen molar-refractivity contribution in [2.45, 2.75) is 6.42 Å². The predicted molar refractivity (Wildman–Crippen MR) is 83.1 cm³/mol. The lowest BCUT2D eigenvalue weighted by atomic mass is 10.1. The molecule has 2 rings (SSSR count). The Bertz CT molecular complexity index is 633. The van der Waals surface area contributed by atoms with Crippen molar-refractivity contribution in [3.63, 3.8) is 0 Å². The van der Waals surface area contributed by atoms with Crippen LogP contribution in [0.3, 0.4) is 0 Å². The van der Waals surface area contributed by atoms with Crippen LogP contribution in [0.15, 0.2) is 36.4 Å². The Balaban J connectivity index is 2.24. The lowest BCUT2D eigenvalue weighted by Crippen LogP contribution is -2.04. The predicted octanol–water partition coefficient (Wildman–Crippen LogP) is 4.08. The van der Waals surface area contributed by atoms with Gasteiger partial charge in [-0.2, -0.15) is 0 Å². The number of carbonyl (C=O) groups excluding carboxylic acids is 1. The van der Waals surface area contributed by atoms with Gasteiger partial charge in [0.25, 0.3) is 0 Å². The average Bonchev–Trinajstić information content (AvgIpc) is 2.44. The molecule has 0 aliphatic rings. The third-order valence-corrected chi connectivity index (χ3v) is 3.30. The maximum Gasteiger partial charge on any atom is 0.309 e. The van der Waals surface area contributed by atoms with Gasteiger partial charge < -0.3 is 15.2 Å². The molecule has 0 radical (unpaired) electrons. The smallest absolute Gasteiger partial charge is 0.309 e. The highest BCUT2D eigenvalue weighted by molar-refractivity contribution is 6.37. The van der Waals surface area contributed by atoms with Gasteiger partial charge in [-0.3, -0.25) is 4.79 Å². The van der Waals surface area contributed by atoms with Gasteiger partial charge in [-0.1, -0.05) is 23.2 Å². The number of halogens is 2. The van der Waals surface area contributed by atoms with Gasteiger partial charge in [0.1, 0.15) is 5.75 Å². The fourth-order valence-corrected chi connectivity index (χ4v) is 2.31. The molecule has 21 heavy (non-hydrogen) atoms. The summed E-state index contributed by atoms with van der Waals surface area (Å²) in [7, 11) is 1.32. The minimum absolute atomic E-state index is 0.0953. The fraction of sp³-hybridized carbons (Fsp3) is 0.133. The maximum absolute atomic E-state index is 11.3. The fourth-order valence-electron chi connectivity index (χ4n) is 1.70. The van der Waals surface area contributed by atoms with Gasteiger partial charge >= 0.3 is 5.97 Å². The topological polar surface area (TPSA) is 61.5 Å². The van der Waals surface area contributed by atoms with Crippen LogP contribution in [-0.4, -0.2) is 13.1 Å². The van der Waals surface area contributed by atoms with E-state index < -0.39 is 0 Å². The van der Waals surface area contributed by atoms with E-state index in [2.05, 4.69) is 4.74 Å². The highest BCUT2D eigenvalue weighted by atomic mass is 35.5. The largest absolute Gasteiger partial charge is 0.469 e. The zero-order valence-corrected chi connectivity index (χ0v) is 12.7. The molecular weight excluding hydrogens is 313 g/mol. The number of hydrogen-bond donors (Lipinski definition) is 1. The standard InChI is InChI=1S/C15H13Cl2NO3/c1-20-14(19)8-9-6-12(16)15(13(17)7-9)21-11-4-2-10(18)3-5-11/h2-7H,8,18H2,1H3. The molecule has 0 aromatic heterocycles. The van der Waals surface area contributed by atoms with Crippen LogP contribution in [-0.2, 0) is 16.0 Å². The summed E-state index contributed by atoms with van der Waals surface area (Å²) in [6, 6.07) is 10.1. The lowest BCUT2D eigenvalue weighted by molar-refractivity contribution is -0.139. The summed E-state index contributed by atoms with van der Waals surface area (Å²) in [6.45, 7) is 0. The molecule has 110 valence electrons. The molecule has 2 aromatic rings. The van der Waals surface area contributed by atoms with E-state index in [0.29, 0.717) is 32.8 Å². The molecule has 0 saturated heterocycles. The lowest BCUT2D eigenvalue weighted by Gasteiger charge is -2.11. The Kier molecular flexibility index (Phi) is 4.94. The molecule has 0 amide bonds. The van der Waals surface area contributed by atoms with Crippen LogP contribution in [0.1, 0.15) is 5.56 Å². The number of anilines is 1. The van der Waals surface area contributed by atoms with Crippen LogP contribution in [0, 0.1) is 0 Å². The molecule has 0 aliphatic heterocycles. The van der Waals surface area contributed by atoms with Crippen LogP contribution in [0.5, 0.6) is 11.5 Å². The SMILES string of the molecule is COC(=O)Cc1cc(Cl)c(Oc2ccc(N)cc2)c(Cl)c1. The van der Waals surface area contributed by atoms with Gasteiger partial charge in [0.15, 0.2) is 5.75 Å². The van der Waals surface area contributed by atoms with E-state index in [1.165, 1.54) is 7.11 Å². The summed E-state index contributed by atoms with van der Waals surface area (Å²) < 4.78 is 10.2. The molecule has 4 nitrogen and oxygen atoms in total. The van der Waals surface area contributed by atoms with Gasteiger partial charge in [0.2, 0.25) is 0 Å². The van der Waals surface area contributed by atoms with Crippen LogP contribution in [0.2, 0.25) is 10.0 Å². The van der Waals surface area contributed by atoms with Crippen molar-refractivity contribution in [1.29, 1.82) is 0 Å². The zero-order valence-electron chi connectivity index (χ0n) is 11.2. The van der Waals surface area contributed by atoms with E-state index in [0.717, 1.165) is 0 Å². The van der Waals surface area contributed by atoms with Gasteiger partial charge in [-0.25, -0.2) is 0 Å². The zero-order chi connectivity index (χ0) is 15.4. The molecular formula is C15H13Cl2NO3. The molecule has 0 atom stereocenters. The second-order valence-corrected chi connectivity index (χ2v) is 5.13. The molecule has 6 heteroatoms. The summed E-state index contributed by atoms with van der Waals surface area (Å²) in [5, 5.41) is 0.636. The molecule has 0 heterocycles. The minimum atomic E-state index is -0.366. The van der Waals surface area contributed by atoms with Crippen molar-refractivity contribution in [2.75, 3.05) is 12.8 Å². The van der Waals surface area contributed by atoms with Gasteiger partial charge in [0.05, 0.1) is 23.6 Å². The van der Waals surface area contributed by atoms with E-state index in [4.69, 9.17) is 33.7 Å². The van der Waals surface area contributed by atoms with Gasteiger partial charge in [-0.15, -0.1) is 0 Å². The Morgan fingerprint density at radius 2 is 1.71 bits per heavy atom. The van der Waals surface area contributed by atoms with E-state index in [1.54, 1.807) is 36.4 Å². The second kappa shape index (κ2) is 6.70. The van der Waals surface area contributed by atoms with Crippen LogP contribution in [0.25, 0.3) is 0 Å². The number of benzene rings is 2. The van der Waals surface area contributed by atoms with Crippen LogP contribution in [0.4, 0.5) is 5.69 Å². The molecule has 2 N–H and O–H groups in total. The van der Waals surface area contributed by atoms with Crippen molar-refractivity contribution in [2.24, 2.45) is 0 Å². The normalized spacial score (nSPS) is 10.2. The number of esters is 1. The third-order valence-electron chi connectivity index (χ3n) is 2.73. The van der Waals surface area contributed by atoms with Crippen LogP contribution >= 0.6 is 23.2 Å². The molecule has 0 bridgehead atoms. The number of ether oxygens (including phenoxy) is 2. The Morgan fingerprint density at radius 1 is 1.14 bits per heavy atom. The summed E-state index contributed by atoms with van der Waals surface area (Å²) in [5.41, 5.74) is 6.89. The Morgan fingerprint density at radius 3 is 2.24 bits per heavy atom. The first-order valence-electron chi connectivity index (χ1n) is 6.07. The van der Waals surface area contributed by atoms with E-state index in [1.807, 2.05) is 0 Å². The molecule has 0 saturated carbocycles. The Hall–Kier alpha value is -1.91. The first kappa shape index (κ1) is 15.5. The van der Waals surface area contributed by atoms with E-state index in [9.17, 15) is 4.79 Å². The second-order valence-electron chi connectivity index (χ2n) is 4.31. The monoisotopic (exact) mass is 325 g/mol. The molecule has 0 spiro atoms. The number of carbonyl (C=O) groups is 1. The van der Waals surface area contributed by atoms with Gasteiger partial charge in [0, 0.05) is 5.69 Å². The summed E-state index contributed by atoms with van der Waals surface area (Å²) in [5.74, 6) is 0.528. The number of nitrogen functional groups attached to an aromatic ring is 1. The molecule has 0 fully saturated rings. The molecule has 2 aromatic carbocycles. The number of nitrogens with two attached hydrogens (primary N) is 1.